The SMILES string of the molecule is O=C(CC1C=CC=CC1)Nc1ccccc1. The summed E-state index contributed by atoms with van der Waals surface area (Å²) in [6.45, 7) is 0. The highest BCUT2D eigenvalue weighted by atomic mass is 16.1. The summed E-state index contributed by atoms with van der Waals surface area (Å²) in [5.41, 5.74) is 0.864. The van der Waals surface area contributed by atoms with Crippen molar-refractivity contribution in [1.29, 1.82) is 0 Å². The van der Waals surface area contributed by atoms with Gasteiger partial charge in [0.05, 0.1) is 0 Å². The van der Waals surface area contributed by atoms with Crippen LogP contribution in [0.4, 0.5) is 5.69 Å². The average molecular weight is 213 g/mol. The Morgan fingerprint density at radius 3 is 2.75 bits per heavy atom. The monoisotopic (exact) mass is 213 g/mol. The number of para-hydroxylation sites is 1. The van der Waals surface area contributed by atoms with Crippen molar-refractivity contribution in [3.8, 4) is 0 Å². The fourth-order valence-corrected chi connectivity index (χ4v) is 1.75. The van der Waals surface area contributed by atoms with Gasteiger partial charge in [-0.3, -0.25) is 4.79 Å². The van der Waals surface area contributed by atoms with E-state index in [4.69, 9.17) is 0 Å². The number of rotatable bonds is 3. The molecule has 1 unspecified atom stereocenters. The molecule has 0 saturated heterocycles. The summed E-state index contributed by atoms with van der Waals surface area (Å²) in [5, 5.41) is 2.89. The van der Waals surface area contributed by atoms with Gasteiger partial charge in [0.15, 0.2) is 0 Å². The number of anilines is 1. The minimum Gasteiger partial charge on any atom is -0.326 e. The van der Waals surface area contributed by atoms with Crippen LogP contribution in [0.25, 0.3) is 0 Å². The molecular formula is C14H15NO. The lowest BCUT2D eigenvalue weighted by Gasteiger charge is -2.12. The first kappa shape index (κ1) is 10.7. The molecule has 0 aliphatic heterocycles. The second kappa shape index (κ2) is 5.31. The predicted molar refractivity (Wildman–Crippen MR) is 66.1 cm³/mol. The molecule has 2 nitrogen and oxygen atoms in total. The topological polar surface area (TPSA) is 29.1 Å². The number of amides is 1. The zero-order valence-corrected chi connectivity index (χ0v) is 9.10. The molecule has 0 aromatic heterocycles. The van der Waals surface area contributed by atoms with Gasteiger partial charge in [0, 0.05) is 12.1 Å². The molecule has 0 bridgehead atoms. The van der Waals surface area contributed by atoms with E-state index in [0.717, 1.165) is 12.1 Å². The van der Waals surface area contributed by atoms with Gasteiger partial charge in [-0.2, -0.15) is 0 Å². The van der Waals surface area contributed by atoms with Gasteiger partial charge in [-0.25, -0.2) is 0 Å². The number of nitrogens with one attached hydrogen (secondary N) is 1. The van der Waals surface area contributed by atoms with Crippen LogP contribution in [0.1, 0.15) is 12.8 Å². The Morgan fingerprint density at radius 2 is 2.06 bits per heavy atom. The number of allylic oxidation sites excluding steroid dienone is 4. The number of hydrogen-bond acceptors (Lipinski definition) is 1. The molecule has 0 fully saturated rings. The Kier molecular flexibility index (Phi) is 3.54. The summed E-state index contributed by atoms with van der Waals surface area (Å²) in [6, 6.07) is 9.56. The van der Waals surface area contributed by atoms with Gasteiger partial charge in [0.1, 0.15) is 0 Å². The largest absolute Gasteiger partial charge is 0.326 e. The molecule has 1 aliphatic rings. The normalized spacial score (nSPS) is 18.4. The van der Waals surface area contributed by atoms with Crippen molar-refractivity contribution in [1.82, 2.24) is 0 Å². The average Bonchev–Trinajstić information content (AvgIpc) is 2.31. The van der Waals surface area contributed by atoms with Gasteiger partial charge in [-0.15, -0.1) is 0 Å². The van der Waals surface area contributed by atoms with E-state index in [0.29, 0.717) is 12.3 Å². The van der Waals surface area contributed by atoms with Crippen molar-refractivity contribution in [2.45, 2.75) is 12.8 Å². The van der Waals surface area contributed by atoms with Gasteiger partial charge >= 0.3 is 0 Å². The van der Waals surface area contributed by atoms with Crippen molar-refractivity contribution >= 4 is 11.6 Å². The summed E-state index contributed by atoms with van der Waals surface area (Å²) in [5.74, 6) is 0.421. The lowest BCUT2D eigenvalue weighted by atomic mass is 9.97. The van der Waals surface area contributed by atoms with Crippen LogP contribution in [0.15, 0.2) is 54.6 Å². The smallest absolute Gasteiger partial charge is 0.224 e. The zero-order chi connectivity index (χ0) is 11.2. The summed E-state index contributed by atoms with van der Waals surface area (Å²) in [4.78, 5) is 11.7. The first-order valence-corrected chi connectivity index (χ1v) is 5.53. The fraction of sp³-hybridized carbons (Fsp3) is 0.214. The maximum Gasteiger partial charge on any atom is 0.224 e. The van der Waals surface area contributed by atoms with Crippen LogP contribution in [0.3, 0.4) is 0 Å². The summed E-state index contributed by atoms with van der Waals surface area (Å²) >= 11 is 0. The highest BCUT2D eigenvalue weighted by molar-refractivity contribution is 5.90. The van der Waals surface area contributed by atoms with Gasteiger partial charge in [-0.1, -0.05) is 42.5 Å². The number of carbonyl (C=O) groups is 1. The van der Waals surface area contributed by atoms with E-state index >= 15 is 0 Å². The van der Waals surface area contributed by atoms with Gasteiger partial charge in [0.25, 0.3) is 0 Å². The third-order valence-electron chi connectivity index (χ3n) is 2.57. The number of carbonyl (C=O) groups excluding carboxylic acids is 1. The molecule has 1 atom stereocenters. The molecule has 0 spiro atoms. The van der Waals surface area contributed by atoms with E-state index < -0.39 is 0 Å². The Bertz CT molecular complexity index is 406. The molecule has 82 valence electrons. The van der Waals surface area contributed by atoms with Crippen molar-refractivity contribution in [2.75, 3.05) is 5.32 Å². The predicted octanol–water partition coefficient (Wildman–Crippen LogP) is 3.15. The Morgan fingerprint density at radius 1 is 1.25 bits per heavy atom. The Balaban J connectivity index is 1.85. The van der Waals surface area contributed by atoms with Crippen molar-refractivity contribution in [3.63, 3.8) is 0 Å². The van der Waals surface area contributed by atoms with E-state index in [2.05, 4.69) is 17.5 Å². The lowest BCUT2D eigenvalue weighted by Crippen LogP contribution is -2.15. The highest BCUT2D eigenvalue weighted by Crippen LogP contribution is 2.16. The highest BCUT2D eigenvalue weighted by Gasteiger charge is 2.11. The van der Waals surface area contributed by atoms with Crippen LogP contribution in [0, 0.1) is 5.92 Å². The van der Waals surface area contributed by atoms with Gasteiger partial charge in [-0.05, 0) is 24.5 Å². The fourth-order valence-electron chi connectivity index (χ4n) is 1.75. The number of benzene rings is 1. The van der Waals surface area contributed by atoms with Crippen LogP contribution < -0.4 is 5.32 Å². The first-order chi connectivity index (χ1) is 7.84. The third kappa shape index (κ3) is 3.09. The van der Waals surface area contributed by atoms with Gasteiger partial charge < -0.3 is 5.32 Å². The molecular weight excluding hydrogens is 198 g/mol. The second-order valence-electron chi connectivity index (χ2n) is 3.93. The van der Waals surface area contributed by atoms with Crippen molar-refractivity contribution < 1.29 is 4.79 Å². The van der Waals surface area contributed by atoms with Crippen LogP contribution in [-0.2, 0) is 4.79 Å². The first-order valence-electron chi connectivity index (χ1n) is 5.53. The maximum absolute atomic E-state index is 11.7. The van der Waals surface area contributed by atoms with E-state index in [-0.39, 0.29) is 5.91 Å². The molecule has 1 aromatic rings. The van der Waals surface area contributed by atoms with Crippen LogP contribution in [-0.4, -0.2) is 5.91 Å². The lowest BCUT2D eigenvalue weighted by molar-refractivity contribution is -0.116. The quantitative estimate of drug-likeness (QED) is 0.821. The Labute approximate surface area is 95.7 Å². The van der Waals surface area contributed by atoms with Crippen LogP contribution in [0.2, 0.25) is 0 Å². The van der Waals surface area contributed by atoms with Crippen molar-refractivity contribution in [3.05, 3.63) is 54.6 Å². The zero-order valence-electron chi connectivity index (χ0n) is 9.10. The molecule has 2 rings (SSSR count). The van der Waals surface area contributed by atoms with Crippen LogP contribution in [0.5, 0.6) is 0 Å². The number of hydrogen-bond donors (Lipinski definition) is 1. The molecule has 0 saturated carbocycles. The van der Waals surface area contributed by atoms with Crippen molar-refractivity contribution in [2.24, 2.45) is 5.92 Å². The molecule has 2 heteroatoms. The van der Waals surface area contributed by atoms with Gasteiger partial charge in [0.2, 0.25) is 5.91 Å². The molecule has 1 aliphatic carbocycles. The van der Waals surface area contributed by atoms with E-state index in [1.807, 2.05) is 42.5 Å². The maximum atomic E-state index is 11.7. The third-order valence-corrected chi connectivity index (χ3v) is 2.57. The van der Waals surface area contributed by atoms with E-state index in [1.54, 1.807) is 0 Å². The standard InChI is InChI=1S/C14H15NO/c16-14(11-12-7-3-1-4-8-12)15-13-9-5-2-6-10-13/h1-7,9-10,12H,8,11H2,(H,15,16). The molecule has 0 radical (unpaired) electrons. The summed E-state index contributed by atoms with van der Waals surface area (Å²) in [6.07, 6.45) is 9.72. The molecule has 1 N–H and O–H groups in total. The van der Waals surface area contributed by atoms with Crippen LogP contribution >= 0.6 is 0 Å². The summed E-state index contributed by atoms with van der Waals surface area (Å²) < 4.78 is 0. The van der Waals surface area contributed by atoms with E-state index in [1.165, 1.54) is 0 Å². The van der Waals surface area contributed by atoms with E-state index in [9.17, 15) is 4.79 Å². The molecule has 0 heterocycles. The molecule has 1 aromatic carbocycles. The molecule has 1 amide bonds. The Hall–Kier alpha value is -1.83. The minimum atomic E-state index is 0.0798. The molecule has 16 heavy (non-hydrogen) atoms. The summed E-state index contributed by atoms with van der Waals surface area (Å²) in [7, 11) is 0. The minimum absolute atomic E-state index is 0.0798. The second-order valence-corrected chi connectivity index (χ2v) is 3.93.